The van der Waals surface area contributed by atoms with E-state index < -0.39 is 11.7 Å². The van der Waals surface area contributed by atoms with Crippen molar-refractivity contribution >= 4 is 40.7 Å². The van der Waals surface area contributed by atoms with Gasteiger partial charge in [-0.15, -0.1) is 0 Å². The van der Waals surface area contributed by atoms with E-state index in [1.54, 1.807) is 12.1 Å². The zero-order valence-corrected chi connectivity index (χ0v) is 15.4. The Morgan fingerprint density at radius 3 is 2.62 bits per heavy atom. The van der Waals surface area contributed by atoms with Gasteiger partial charge in [-0.1, -0.05) is 35.3 Å². The fourth-order valence-corrected chi connectivity index (χ4v) is 3.21. The predicted molar refractivity (Wildman–Crippen MR) is 100 cm³/mol. The summed E-state index contributed by atoms with van der Waals surface area (Å²) in [5, 5.41) is 3.48. The first-order valence-corrected chi connectivity index (χ1v) is 8.97. The van der Waals surface area contributed by atoms with Crippen molar-refractivity contribution in [2.24, 2.45) is 5.92 Å². The van der Waals surface area contributed by atoms with E-state index in [0.29, 0.717) is 23.7 Å². The highest BCUT2D eigenvalue weighted by molar-refractivity contribution is 6.31. The van der Waals surface area contributed by atoms with Crippen molar-refractivity contribution in [3.63, 3.8) is 0 Å². The molecule has 1 N–H and O–H groups in total. The second-order valence-electron chi connectivity index (χ2n) is 6.17. The first-order valence-electron chi connectivity index (χ1n) is 8.21. The first-order chi connectivity index (χ1) is 12.4. The highest BCUT2D eigenvalue weighted by Gasteiger charge is 2.35. The summed E-state index contributed by atoms with van der Waals surface area (Å²) in [6, 6.07) is 11.5. The molecular weight excluding hydrogens is 378 g/mol. The lowest BCUT2D eigenvalue weighted by atomic mass is 10.1. The number of carbonyl (C=O) groups excluding carboxylic acids is 2. The van der Waals surface area contributed by atoms with Gasteiger partial charge >= 0.3 is 0 Å². The lowest BCUT2D eigenvalue weighted by Gasteiger charge is -2.17. The first kappa shape index (κ1) is 18.7. The van der Waals surface area contributed by atoms with Crippen LogP contribution in [0.3, 0.4) is 0 Å². The van der Waals surface area contributed by atoms with Crippen LogP contribution in [0.25, 0.3) is 0 Å². The maximum absolute atomic E-state index is 13.3. The lowest BCUT2D eigenvalue weighted by molar-refractivity contribution is -0.126. The van der Waals surface area contributed by atoms with E-state index in [0.717, 1.165) is 5.56 Å². The summed E-state index contributed by atoms with van der Waals surface area (Å²) in [4.78, 5) is 26.0. The predicted octanol–water partition coefficient (Wildman–Crippen LogP) is 3.84. The molecule has 26 heavy (non-hydrogen) atoms. The van der Waals surface area contributed by atoms with Gasteiger partial charge in [0.15, 0.2) is 0 Å². The zero-order valence-electron chi connectivity index (χ0n) is 13.8. The highest BCUT2D eigenvalue weighted by Crippen LogP contribution is 2.28. The van der Waals surface area contributed by atoms with Crippen molar-refractivity contribution in [3.8, 4) is 0 Å². The summed E-state index contributed by atoms with van der Waals surface area (Å²) < 4.78 is 13.3. The van der Waals surface area contributed by atoms with Gasteiger partial charge in [0.2, 0.25) is 11.8 Å². The minimum atomic E-state index is -0.543. The molecule has 1 unspecified atom stereocenters. The van der Waals surface area contributed by atoms with E-state index >= 15 is 0 Å². The molecule has 7 heteroatoms. The Kier molecular flexibility index (Phi) is 5.79. The molecule has 1 heterocycles. The van der Waals surface area contributed by atoms with Gasteiger partial charge in [0, 0.05) is 30.2 Å². The molecule has 1 fully saturated rings. The third kappa shape index (κ3) is 4.34. The average Bonchev–Trinajstić information content (AvgIpc) is 3.01. The molecule has 3 rings (SSSR count). The van der Waals surface area contributed by atoms with Gasteiger partial charge in [-0.2, -0.15) is 0 Å². The summed E-state index contributed by atoms with van der Waals surface area (Å²) in [5.41, 5.74) is 1.57. The van der Waals surface area contributed by atoms with Crippen LogP contribution in [0.1, 0.15) is 12.0 Å². The van der Waals surface area contributed by atoms with Crippen molar-refractivity contribution in [1.82, 2.24) is 5.32 Å². The van der Waals surface area contributed by atoms with Crippen molar-refractivity contribution in [1.29, 1.82) is 0 Å². The molecule has 0 saturated carbocycles. The second kappa shape index (κ2) is 8.06. The van der Waals surface area contributed by atoms with Crippen LogP contribution in [0, 0.1) is 11.7 Å². The number of rotatable bonds is 5. The summed E-state index contributed by atoms with van der Waals surface area (Å²) in [6.45, 7) is 0.737. The molecule has 1 aliphatic heterocycles. The van der Waals surface area contributed by atoms with Crippen LogP contribution in [-0.2, 0) is 16.0 Å². The standard InChI is InChI=1S/C19H17Cl2FN2O2/c20-14-3-1-12(2-4-14)7-8-23-19(26)13-9-18(25)24(11-13)15-5-6-17(22)16(21)10-15/h1-6,10,13H,7-9,11H2,(H,23,26). The molecular formula is C19H17Cl2FN2O2. The number of nitrogens with zero attached hydrogens (tertiary/aromatic N) is 1. The van der Waals surface area contributed by atoms with Crippen LogP contribution >= 0.6 is 23.2 Å². The Hall–Kier alpha value is -2.11. The molecule has 1 saturated heterocycles. The smallest absolute Gasteiger partial charge is 0.227 e. The number of nitrogens with one attached hydrogen (secondary N) is 1. The molecule has 4 nitrogen and oxygen atoms in total. The van der Waals surface area contributed by atoms with Crippen LogP contribution in [0.15, 0.2) is 42.5 Å². The SMILES string of the molecule is O=C(NCCc1ccc(Cl)cc1)C1CC(=O)N(c2ccc(F)c(Cl)c2)C1. The number of anilines is 1. The lowest BCUT2D eigenvalue weighted by Crippen LogP contribution is -2.34. The summed E-state index contributed by atoms with van der Waals surface area (Å²) in [6.07, 6.45) is 0.808. The summed E-state index contributed by atoms with van der Waals surface area (Å²) >= 11 is 11.6. The number of amides is 2. The van der Waals surface area contributed by atoms with Crippen LogP contribution in [0.4, 0.5) is 10.1 Å². The van der Waals surface area contributed by atoms with Gasteiger partial charge in [-0.25, -0.2) is 4.39 Å². The highest BCUT2D eigenvalue weighted by atomic mass is 35.5. The largest absolute Gasteiger partial charge is 0.355 e. The average molecular weight is 395 g/mol. The van der Waals surface area contributed by atoms with E-state index in [9.17, 15) is 14.0 Å². The van der Waals surface area contributed by atoms with Gasteiger partial charge in [-0.3, -0.25) is 9.59 Å². The van der Waals surface area contributed by atoms with Crippen LogP contribution in [-0.4, -0.2) is 24.9 Å². The molecule has 136 valence electrons. The fourth-order valence-electron chi connectivity index (χ4n) is 2.91. The Labute approximate surface area is 160 Å². The Morgan fingerprint density at radius 2 is 1.92 bits per heavy atom. The molecule has 0 radical (unpaired) electrons. The minimum absolute atomic E-state index is 0.0498. The van der Waals surface area contributed by atoms with Crippen LogP contribution < -0.4 is 10.2 Å². The summed E-state index contributed by atoms with van der Waals surface area (Å²) in [5.74, 6) is -1.32. The Bertz CT molecular complexity index is 827. The Morgan fingerprint density at radius 1 is 1.19 bits per heavy atom. The van der Waals surface area contributed by atoms with Crippen molar-refractivity contribution in [3.05, 3.63) is 63.9 Å². The van der Waals surface area contributed by atoms with Crippen molar-refractivity contribution in [2.75, 3.05) is 18.0 Å². The van der Waals surface area contributed by atoms with Crippen LogP contribution in [0.5, 0.6) is 0 Å². The molecule has 2 amide bonds. The molecule has 0 bridgehead atoms. The number of hydrogen-bond acceptors (Lipinski definition) is 2. The van der Waals surface area contributed by atoms with Crippen molar-refractivity contribution < 1.29 is 14.0 Å². The number of benzene rings is 2. The molecule has 0 aromatic heterocycles. The molecule has 2 aromatic rings. The fraction of sp³-hybridized carbons (Fsp3) is 0.263. The van der Waals surface area contributed by atoms with E-state index in [2.05, 4.69) is 5.32 Å². The maximum Gasteiger partial charge on any atom is 0.227 e. The maximum atomic E-state index is 13.3. The van der Waals surface area contributed by atoms with Crippen molar-refractivity contribution in [2.45, 2.75) is 12.8 Å². The van der Waals surface area contributed by atoms with E-state index in [1.807, 2.05) is 12.1 Å². The topological polar surface area (TPSA) is 49.4 Å². The molecule has 1 atom stereocenters. The van der Waals surface area contributed by atoms with E-state index in [1.165, 1.54) is 23.1 Å². The number of halogens is 3. The third-order valence-electron chi connectivity index (χ3n) is 4.34. The molecule has 0 aliphatic carbocycles. The monoisotopic (exact) mass is 394 g/mol. The number of carbonyl (C=O) groups is 2. The minimum Gasteiger partial charge on any atom is -0.355 e. The normalized spacial score (nSPS) is 16.8. The molecule has 2 aromatic carbocycles. The van der Waals surface area contributed by atoms with Gasteiger partial charge < -0.3 is 10.2 Å². The third-order valence-corrected chi connectivity index (χ3v) is 4.88. The van der Waals surface area contributed by atoms with E-state index in [4.69, 9.17) is 23.2 Å². The van der Waals surface area contributed by atoms with Gasteiger partial charge in [0.1, 0.15) is 5.82 Å². The molecule has 0 spiro atoms. The quantitative estimate of drug-likeness (QED) is 0.837. The van der Waals surface area contributed by atoms with Gasteiger partial charge in [0.05, 0.1) is 10.9 Å². The summed E-state index contributed by atoms with van der Waals surface area (Å²) in [7, 11) is 0. The Balaban J connectivity index is 1.54. The van der Waals surface area contributed by atoms with E-state index in [-0.39, 0.29) is 29.8 Å². The van der Waals surface area contributed by atoms with Crippen LogP contribution in [0.2, 0.25) is 10.0 Å². The zero-order chi connectivity index (χ0) is 18.7. The second-order valence-corrected chi connectivity index (χ2v) is 7.01. The van der Waals surface area contributed by atoms with Gasteiger partial charge in [0.25, 0.3) is 0 Å². The number of hydrogen-bond donors (Lipinski definition) is 1. The molecule has 1 aliphatic rings. The van der Waals surface area contributed by atoms with Gasteiger partial charge in [-0.05, 0) is 42.3 Å².